The van der Waals surface area contributed by atoms with Crippen molar-refractivity contribution in [2.24, 2.45) is 5.92 Å². The van der Waals surface area contributed by atoms with Crippen LogP contribution in [0.5, 0.6) is 11.5 Å². The van der Waals surface area contributed by atoms with Gasteiger partial charge in [0.15, 0.2) is 0 Å². The minimum absolute atomic E-state index is 0.330. The molecule has 6 heteroatoms. The topological polar surface area (TPSA) is 72.9 Å². The van der Waals surface area contributed by atoms with E-state index in [0.717, 1.165) is 47.7 Å². The van der Waals surface area contributed by atoms with Crippen molar-refractivity contribution in [2.45, 2.75) is 45.6 Å². The largest absolute Gasteiger partial charge is 0.493 e. The van der Waals surface area contributed by atoms with Crippen LogP contribution in [0.15, 0.2) is 78.9 Å². The lowest BCUT2D eigenvalue weighted by Crippen LogP contribution is -2.14. The van der Waals surface area contributed by atoms with Crippen molar-refractivity contribution < 1.29 is 9.47 Å². The van der Waals surface area contributed by atoms with E-state index in [1.54, 1.807) is 0 Å². The van der Waals surface area contributed by atoms with Gasteiger partial charge in [0.05, 0.1) is 6.61 Å². The zero-order valence-electron chi connectivity index (χ0n) is 19.9. The molecule has 1 aromatic heterocycles. The molecule has 0 aliphatic carbocycles. The van der Waals surface area contributed by atoms with E-state index in [0.29, 0.717) is 25.0 Å². The van der Waals surface area contributed by atoms with Gasteiger partial charge >= 0.3 is 0 Å². The summed E-state index contributed by atoms with van der Waals surface area (Å²) in [6, 6.07) is 26.8. The zero-order valence-corrected chi connectivity index (χ0v) is 19.9. The maximum absolute atomic E-state index is 6.50. The number of tetrazole rings is 1. The van der Waals surface area contributed by atoms with Crippen LogP contribution in [-0.2, 0) is 19.4 Å². The van der Waals surface area contributed by atoms with Crippen LogP contribution in [0.2, 0.25) is 0 Å². The summed E-state index contributed by atoms with van der Waals surface area (Å²) < 4.78 is 12.5. The number of nitrogens with zero attached hydrogens (tertiary/aromatic N) is 3. The Kier molecular flexibility index (Phi) is 8.27. The van der Waals surface area contributed by atoms with Crippen LogP contribution in [0, 0.1) is 5.92 Å². The van der Waals surface area contributed by atoms with E-state index in [9.17, 15) is 0 Å². The second kappa shape index (κ2) is 12.0. The fourth-order valence-corrected chi connectivity index (χ4v) is 4.04. The molecule has 1 heterocycles. The van der Waals surface area contributed by atoms with Gasteiger partial charge < -0.3 is 9.47 Å². The molecule has 0 fully saturated rings. The summed E-state index contributed by atoms with van der Waals surface area (Å²) in [5.74, 6) is 3.43. The van der Waals surface area contributed by atoms with Gasteiger partial charge in [-0.1, -0.05) is 74.5 Å². The zero-order chi connectivity index (χ0) is 23.6. The molecule has 0 saturated heterocycles. The van der Waals surface area contributed by atoms with Crippen molar-refractivity contribution in [3.05, 3.63) is 101 Å². The average Bonchev–Trinajstić information content (AvgIpc) is 3.39. The third-order valence-electron chi connectivity index (χ3n) is 5.77. The number of ether oxygens (including phenoxy) is 2. The molecule has 3 aromatic carbocycles. The summed E-state index contributed by atoms with van der Waals surface area (Å²) in [6.45, 7) is 5.63. The molecule has 1 unspecified atom stereocenters. The van der Waals surface area contributed by atoms with Gasteiger partial charge in [0.1, 0.15) is 23.9 Å². The first-order chi connectivity index (χ1) is 16.7. The number of para-hydroxylation sites is 1. The Morgan fingerprint density at radius 3 is 2.32 bits per heavy atom. The van der Waals surface area contributed by atoms with Crippen LogP contribution < -0.4 is 9.47 Å². The smallest absolute Gasteiger partial charge is 0.148 e. The fraction of sp³-hybridized carbons (Fsp3) is 0.321. The normalized spacial score (nSPS) is 12.0. The Bertz CT molecular complexity index is 1120. The molecule has 1 N–H and O–H groups in total. The van der Waals surface area contributed by atoms with Crippen LogP contribution in [0.3, 0.4) is 0 Å². The Morgan fingerprint density at radius 1 is 0.853 bits per heavy atom. The second-order valence-corrected chi connectivity index (χ2v) is 8.94. The van der Waals surface area contributed by atoms with E-state index in [-0.39, 0.29) is 0 Å². The van der Waals surface area contributed by atoms with Crippen molar-refractivity contribution in [3.63, 3.8) is 0 Å². The van der Waals surface area contributed by atoms with Gasteiger partial charge in [-0.25, -0.2) is 5.10 Å². The van der Waals surface area contributed by atoms with Gasteiger partial charge in [-0.2, -0.15) is 0 Å². The first kappa shape index (κ1) is 23.5. The number of benzene rings is 3. The fourth-order valence-electron chi connectivity index (χ4n) is 4.04. The number of aromatic nitrogens is 4. The summed E-state index contributed by atoms with van der Waals surface area (Å²) in [5, 5.41) is 14.2. The highest BCUT2D eigenvalue weighted by Crippen LogP contribution is 2.28. The molecule has 0 aliphatic rings. The number of nitrogens with one attached hydrogen (secondary N) is 1. The predicted octanol–water partition coefficient (Wildman–Crippen LogP) is 5.77. The molecule has 0 amide bonds. The lowest BCUT2D eigenvalue weighted by atomic mass is 9.91. The first-order valence-electron chi connectivity index (χ1n) is 11.9. The minimum Gasteiger partial charge on any atom is -0.493 e. The molecule has 6 nitrogen and oxygen atoms in total. The van der Waals surface area contributed by atoms with Crippen molar-refractivity contribution in [3.8, 4) is 11.5 Å². The molecule has 4 aromatic rings. The molecule has 0 bridgehead atoms. The summed E-state index contributed by atoms with van der Waals surface area (Å²) in [5.41, 5.74) is 3.52. The summed E-state index contributed by atoms with van der Waals surface area (Å²) in [7, 11) is 0. The number of rotatable bonds is 12. The van der Waals surface area contributed by atoms with E-state index < -0.39 is 0 Å². The van der Waals surface area contributed by atoms with E-state index in [1.165, 1.54) is 5.56 Å². The molecule has 0 spiro atoms. The van der Waals surface area contributed by atoms with Crippen molar-refractivity contribution in [2.75, 3.05) is 6.61 Å². The summed E-state index contributed by atoms with van der Waals surface area (Å²) in [6.07, 6.45) is 2.57. The summed E-state index contributed by atoms with van der Waals surface area (Å²) in [4.78, 5) is 0. The molecule has 176 valence electrons. The van der Waals surface area contributed by atoms with Gasteiger partial charge in [0.25, 0.3) is 0 Å². The molecular formula is C28H32N4O2. The Morgan fingerprint density at radius 2 is 1.62 bits per heavy atom. The van der Waals surface area contributed by atoms with Gasteiger partial charge in [-0.05, 0) is 64.1 Å². The number of aryl methyl sites for hydroxylation is 2. The van der Waals surface area contributed by atoms with Crippen molar-refractivity contribution in [1.29, 1.82) is 0 Å². The van der Waals surface area contributed by atoms with E-state index in [1.807, 2.05) is 30.3 Å². The van der Waals surface area contributed by atoms with Crippen LogP contribution in [-0.4, -0.2) is 27.2 Å². The van der Waals surface area contributed by atoms with Crippen LogP contribution in [0.25, 0.3) is 0 Å². The number of H-pyrrole nitrogens is 1. The highest BCUT2D eigenvalue weighted by Gasteiger charge is 2.16. The molecule has 0 aliphatic heterocycles. The van der Waals surface area contributed by atoms with Gasteiger partial charge in [0.2, 0.25) is 0 Å². The Hall–Kier alpha value is -3.67. The van der Waals surface area contributed by atoms with E-state index in [4.69, 9.17) is 9.47 Å². The Balaban J connectivity index is 1.50. The molecule has 0 saturated carbocycles. The standard InChI is InChI=1S/C28H32N4O2/c1-21(2)17-25(23-9-5-3-6-10-23)20-34-27-18-22(19-33-26-11-7-4-8-12-26)13-14-24(27)15-16-28-29-31-32-30-28/h3-14,18,21,25H,15-17,19-20H2,1-2H3,(H,29,30,31,32). The highest BCUT2D eigenvalue weighted by molar-refractivity contribution is 5.38. The predicted molar refractivity (Wildman–Crippen MR) is 133 cm³/mol. The SMILES string of the molecule is CC(C)CC(COc1cc(COc2ccccc2)ccc1CCc1nnn[nH]1)c1ccccc1. The molecule has 4 rings (SSSR count). The number of hydrogen-bond acceptors (Lipinski definition) is 5. The maximum Gasteiger partial charge on any atom is 0.148 e. The summed E-state index contributed by atoms with van der Waals surface area (Å²) >= 11 is 0. The van der Waals surface area contributed by atoms with Crippen LogP contribution in [0.1, 0.15) is 48.7 Å². The van der Waals surface area contributed by atoms with E-state index >= 15 is 0 Å². The van der Waals surface area contributed by atoms with Crippen molar-refractivity contribution in [1.82, 2.24) is 20.6 Å². The van der Waals surface area contributed by atoms with E-state index in [2.05, 4.69) is 83.0 Å². The number of hydrogen-bond donors (Lipinski definition) is 1. The monoisotopic (exact) mass is 456 g/mol. The van der Waals surface area contributed by atoms with Crippen LogP contribution >= 0.6 is 0 Å². The molecule has 0 radical (unpaired) electrons. The molecule has 1 atom stereocenters. The lowest BCUT2D eigenvalue weighted by Gasteiger charge is -2.22. The molecular weight excluding hydrogens is 424 g/mol. The maximum atomic E-state index is 6.50. The third kappa shape index (κ3) is 6.91. The average molecular weight is 457 g/mol. The quantitative estimate of drug-likeness (QED) is 0.293. The number of aromatic amines is 1. The van der Waals surface area contributed by atoms with Crippen LogP contribution in [0.4, 0.5) is 0 Å². The van der Waals surface area contributed by atoms with Crippen molar-refractivity contribution >= 4 is 0 Å². The molecule has 34 heavy (non-hydrogen) atoms. The first-order valence-corrected chi connectivity index (χ1v) is 11.9. The minimum atomic E-state index is 0.330. The second-order valence-electron chi connectivity index (χ2n) is 8.94. The third-order valence-corrected chi connectivity index (χ3v) is 5.77. The highest BCUT2D eigenvalue weighted by atomic mass is 16.5. The Labute approximate surface area is 201 Å². The van der Waals surface area contributed by atoms with Gasteiger partial charge in [0, 0.05) is 12.3 Å². The van der Waals surface area contributed by atoms with Gasteiger partial charge in [-0.15, -0.1) is 5.10 Å². The lowest BCUT2D eigenvalue weighted by molar-refractivity contribution is 0.265. The van der Waals surface area contributed by atoms with Gasteiger partial charge in [-0.3, -0.25) is 0 Å².